The molecule has 2 nitrogen and oxygen atoms in total. The first-order valence-corrected chi connectivity index (χ1v) is 11.9. The van der Waals surface area contributed by atoms with E-state index in [1.54, 1.807) is 0 Å². The average molecular weight is 438 g/mol. The first-order valence-electron chi connectivity index (χ1n) is 11.9. The van der Waals surface area contributed by atoms with Gasteiger partial charge < -0.3 is 4.52 Å². The molecule has 7 rings (SSSR count). The Morgan fingerprint density at radius 3 is 2.00 bits per heavy atom. The Bertz CT molecular complexity index is 1860. The fourth-order valence-electron chi connectivity index (χ4n) is 5.32. The fourth-order valence-corrected chi connectivity index (χ4v) is 5.32. The van der Waals surface area contributed by atoms with Gasteiger partial charge >= 0.3 is 0 Å². The lowest BCUT2D eigenvalue weighted by molar-refractivity contribution is 0.389. The summed E-state index contributed by atoms with van der Waals surface area (Å²) < 4.78 is 8.84. The van der Waals surface area contributed by atoms with Crippen molar-refractivity contribution in [1.29, 1.82) is 0 Å². The summed E-state index contributed by atoms with van der Waals surface area (Å²) in [4.78, 5) is 0. The second-order valence-corrected chi connectivity index (χ2v) is 8.88. The lowest BCUT2D eigenvalue weighted by Gasteiger charge is -2.16. The molecule has 0 amide bonds. The Kier molecular flexibility index (Phi) is 4.31. The molecule has 0 aliphatic heterocycles. The van der Waals surface area contributed by atoms with Crippen molar-refractivity contribution in [1.82, 2.24) is 4.74 Å². The number of hydrogen-bond donors (Lipinski definition) is 0. The summed E-state index contributed by atoms with van der Waals surface area (Å²) >= 11 is 0. The van der Waals surface area contributed by atoms with Crippen molar-refractivity contribution < 1.29 is 4.52 Å². The van der Waals surface area contributed by atoms with E-state index < -0.39 is 0 Å². The molecule has 0 radical (unpaired) electrons. The third-order valence-electron chi connectivity index (χ3n) is 6.88. The molecule has 6 aromatic rings. The van der Waals surface area contributed by atoms with Crippen LogP contribution in [-0.4, -0.2) is 4.74 Å². The highest BCUT2D eigenvalue weighted by atomic mass is 16.5. The van der Waals surface area contributed by atoms with Gasteiger partial charge in [-0.2, -0.15) is 4.74 Å². The van der Waals surface area contributed by atoms with Crippen molar-refractivity contribution in [3.8, 4) is 0 Å². The highest BCUT2D eigenvalue weighted by Crippen LogP contribution is 2.38. The summed E-state index contributed by atoms with van der Waals surface area (Å²) in [5, 5.41) is 9.64. The van der Waals surface area contributed by atoms with Crippen LogP contribution in [0.1, 0.15) is 12.8 Å². The molecule has 5 aromatic carbocycles. The van der Waals surface area contributed by atoms with E-state index >= 15 is 0 Å². The molecule has 0 atom stereocenters. The van der Waals surface area contributed by atoms with Crippen LogP contribution in [0.2, 0.25) is 0 Å². The van der Waals surface area contributed by atoms with Gasteiger partial charge in [-0.3, -0.25) is 0 Å². The topological polar surface area (TPSA) is 18.1 Å². The summed E-state index contributed by atoms with van der Waals surface area (Å²) in [5.74, 6) is 0. The van der Waals surface area contributed by atoms with Gasteiger partial charge in [0, 0.05) is 16.2 Å². The molecule has 1 aliphatic rings. The van der Waals surface area contributed by atoms with Crippen LogP contribution in [0.3, 0.4) is 0 Å². The molecule has 0 unspecified atom stereocenters. The summed E-state index contributed by atoms with van der Waals surface area (Å²) in [6.07, 6.45) is 8.74. The van der Waals surface area contributed by atoms with E-state index in [-0.39, 0.29) is 0 Å². The molecule has 0 N–H and O–H groups in total. The number of benzene rings is 5. The lowest BCUT2D eigenvalue weighted by atomic mass is 9.95. The molecule has 0 saturated carbocycles. The molecule has 0 saturated heterocycles. The van der Waals surface area contributed by atoms with Gasteiger partial charge in [0.1, 0.15) is 0 Å². The summed E-state index contributed by atoms with van der Waals surface area (Å²) in [6.45, 7) is 0. The van der Waals surface area contributed by atoms with Crippen LogP contribution >= 0.6 is 0 Å². The van der Waals surface area contributed by atoms with Gasteiger partial charge in [-0.25, -0.2) is 0 Å². The molecule has 34 heavy (non-hydrogen) atoms. The maximum absolute atomic E-state index is 6.83. The Balaban J connectivity index is 1.86. The van der Waals surface area contributed by atoms with Crippen molar-refractivity contribution in [3.05, 3.63) is 115 Å². The van der Waals surface area contributed by atoms with E-state index in [9.17, 15) is 0 Å². The number of fused-ring (bicyclic) bond motifs is 9. The number of para-hydroxylation sites is 1. The number of rotatable bonds is 1. The quantitative estimate of drug-likeness (QED) is 0.251. The van der Waals surface area contributed by atoms with Gasteiger partial charge in [0.15, 0.2) is 5.58 Å². The van der Waals surface area contributed by atoms with Crippen molar-refractivity contribution in [3.63, 3.8) is 0 Å². The number of hydrogen-bond acceptors (Lipinski definition) is 1. The molecular weight excluding hydrogens is 414 g/mol. The third kappa shape index (κ3) is 2.89. The summed E-state index contributed by atoms with van der Waals surface area (Å²) in [7, 11) is 0. The first kappa shape index (κ1) is 19.2. The summed E-state index contributed by atoms with van der Waals surface area (Å²) in [5.41, 5.74) is 2.99. The molecule has 1 aliphatic carbocycles. The highest BCUT2D eigenvalue weighted by Gasteiger charge is 2.14. The van der Waals surface area contributed by atoms with Crippen molar-refractivity contribution in [2.24, 2.45) is 0 Å². The van der Waals surface area contributed by atoms with E-state index in [2.05, 4.69) is 115 Å². The van der Waals surface area contributed by atoms with E-state index in [0.717, 1.165) is 35.0 Å². The normalized spacial score (nSPS) is 13.7. The van der Waals surface area contributed by atoms with Crippen molar-refractivity contribution in [2.75, 3.05) is 0 Å². The first-order chi connectivity index (χ1) is 16.9. The number of nitrogens with zero attached hydrogens (tertiary/aromatic N) is 1. The van der Waals surface area contributed by atoms with Gasteiger partial charge in [-0.15, -0.1) is 0 Å². The smallest absolute Gasteiger partial charge is 0.164 e. The van der Waals surface area contributed by atoms with Gasteiger partial charge in [0.2, 0.25) is 0 Å². The highest BCUT2D eigenvalue weighted by molar-refractivity contribution is 6.29. The Morgan fingerprint density at radius 2 is 1.24 bits per heavy atom. The molecule has 0 spiro atoms. The van der Waals surface area contributed by atoms with E-state index in [0.29, 0.717) is 0 Å². The minimum atomic E-state index is 0.866. The van der Waals surface area contributed by atoms with Gasteiger partial charge in [-0.05, 0) is 58.0 Å². The molecule has 162 valence electrons. The molecular formula is C32H23NO. The Labute approximate surface area is 197 Å². The van der Waals surface area contributed by atoms with Gasteiger partial charge in [-0.1, -0.05) is 97.1 Å². The van der Waals surface area contributed by atoms with E-state index in [4.69, 9.17) is 4.52 Å². The largest absolute Gasteiger partial charge is 0.374 e. The van der Waals surface area contributed by atoms with Crippen molar-refractivity contribution in [2.45, 2.75) is 12.8 Å². The molecule has 0 fully saturated rings. The zero-order valence-electron chi connectivity index (χ0n) is 18.7. The van der Waals surface area contributed by atoms with Crippen LogP contribution in [0.25, 0.3) is 59.9 Å². The second-order valence-electron chi connectivity index (χ2n) is 8.88. The van der Waals surface area contributed by atoms with Crippen LogP contribution < -0.4 is 0 Å². The van der Waals surface area contributed by atoms with Crippen LogP contribution in [0, 0.1) is 0 Å². The minimum absolute atomic E-state index is 0.866. The van der Waals surface area contributed by atoms with Crippen LogP contribution in [-0.2, 0) is 0 Å². The zero-order valence-corrected chi connectivity index (χ0v) is 18.7. The second kappa shape index (κ2) is 7.64. The average Bonchev–Trinajstić information content (AvgIpc) is 2.90. The predicted octanol–water partition coefficient (Wildman–Crippen LogP) is 9.16. The molecule has 1 aromatic heterocycles. The number of aromatic nitrogens is 1. The van der Waals surface area contributed by atoms with E-state index in [1.807, 2.05) is 4.74 Å². The number of allylic oxidation sites excluding steroid dienone is 4. The minimum Gasteiger partial charge on any atom is -0.374 e. The molecule has 0 bridgehead atoms. The van der Waals surface area contributed by atoms with Crippen LogP contribution in [0.15, 0.2) is 120 Å². The Morgan fingerprint density at radius 1 is 0.559 bits per heavy atom. The molecule has 1 heterocycles. The SMILES string of the molecule is C1=CC(n2oc3ccc4ccccc4c3c3c4ccccc4ccc3c3ccccc32)=CCC1. The Hall–Kier alpha value is -4.30. The third-order valence-corrected chi connectivity index (χ3v) is 6.88. The van der Waals surface area contributed by atoms with Crippen molar-refractivity contribution >= 4 is 59.9 Å². The monoisotopic (exact) mass is 437 g/mol. The van der Waals surface area contributed by atoms with Crippen LogP contribution in [0.5, 0.6) is 0 Å². The van der Waals surface area contributed by atoms with E-state index in [1.165, 1.54) is 37.7 Å². The molecule has 2 heteroatoms. The maximum Gasteiger partial charge on any atom is 0.164 e. The fraction of sp³-hybridized carbons (Fsp3) is 0.0625. The maximum atomic E-state index is 6.83. The van der Waals surface area contributed by atoms with Gasteiger partial charge in [0.25, 0.3) is 0 Å². The summed E-state index contributed by atoms with van der Waals surface area (Å²) in [6, 6.07) is 34.6. The lowest BCUT2D eigenvalue weighted by Crippen LogP contribution is -1.99. The standard InChI is InChI=1S/C32H23NO/c1-2-12-24(13-3-1)33-29-17-9-8-16-27(29)28-20-18-22-10-4-6-14-25(22)31(28)32-26-15-7-5-11-23(26)19-21-30(32)34-33/h2,4-21H,1,3H2. The zero-order chi connectivity index (χ0) is 22.5. The van der Waals surface area contributed by atoms with Crippen LogP contribution in [0.4, 0.5) is 0 Å². The predicted molar refractivity (Wildman–Crippen MR) is 145 cm³/mol. The van der Waals surface area contributed by atoms with Gasteiger partial charge in [0.05, 0.1) is 11.2 Å².